The molecule has 21 heavy (non-hydrogen) atoms. The molecule has 0 bridgehead atoms. The molecular weight excluding hydrogens is 286 g/mol. The second kappa shape index (κ2) is 6.89. The number of nitrogens with one attached hydrogen (secondary N) is 1. The van der Waals surface area contributed by atoms with Crippen molar-refractivity contribution in [3.8, 4) is 11.8 Å². The minimum atomic E-state index is -0.235. The van der Waals surface area contributed by atoms with Crippen LogP contribution in [0.5, 0.6) is 0 Å². The lowest BCUT2D eigenvalue weighted by atomic mass is 10.1. The molecule has 5 heteroatoms. The van der Waals surface area contributed by atoms with Gasteiger partial charge < -0.3 is 11.1 Å². The molecule has 4 nitrogen and oxygen atoms in total. The van der Waals surface area contributed by atoms with Gasteiger partial charge in [-0.25, -0.2) is 0 Å². The molecule has 1 amide bonds. The second-order valence-corrected chi connectivity index (χ2v) is 4.75. The van der Waals surface area contributed by atoms with Crippen LogP contribution in [0.15, 0.2) is 36.5 Å². The Kier molecular flexibility index (Phi) is 4.94. The lowest BCUT2D eigenvalue weighted by Crippen LogP contribution is -2.12. The van der Waals surface area contributed by atoms with Crippen LogP contribution in [0.3, 0.4) is 0 Å². The summed E-state index contributed by atoms with van der Waals surface area (Å²) in [5.41, 5.74) is 7.96. The van der Waals surface area contributed by atoms with Crippen molar-refractivity contribution >= 4 is 23.2 Å². The fourth-order valence-corrected chi connectivity index (χ4v) is 1.96. The van der Waals surface area contributed by atoms with Crippen LogP contribution in [-0.4, -0.2) is 17.4 Å². The van der Waals surface area contributed by atoms with Gasteiger partial charge in [-0.05, 0) is 37.3 Å². The highest BCUT2D eigenvalue weighted by molar-refractivity contribution is 6.32. The maximum atomic E-state index is 12.2. The summed E-state index contributed by atoms with van der Waals surface area (Å²) in [4.78, 5) is 16.2. The fraction of sp³-hybridized carbons (Fsp3) is 0.125. The monoisotopic (exact) mass is 299 g/mol. The molecule has 0 aliphatic rings. The van der Waals surface area contributed by atoms with E-state index in [1.54, 1.807) is 36.5 Å². The largest absolute Gasteiger partial charge is 0.322 e. The van der Waals surface area contributed by atoms with E-state index in [4.69, 9.17) is 17.3 Å². The molecule has 0 spiro atoms. The summed E-state index contributed by atoms with van der Waals surface area (Å²) >= 11 is 6.10. The molecule has 0 aliphatic carbocycles. The number of benzene rings is 1. The van der Waals surface area contributed by atoms with E-state index in [0.29, 0.717) is 21.8 Å². The summed E-state index contributed by atoms with van der Waals surface area (Å²) in [6, 6.07) is 8.49. The van der Waals surface area contributed by atoms with Crippen molar-refractivity contribution in [1.29, 1.82) is 0 Å². The predicted molar refractivity (Wildman–Crippen MR) is 84.3 cm³/mol. The van der Waals surface area contributed by atoms with Gasteiger partial charge in [0, 0.05) is 28.7 Å². The number of rotatable bonds is 2. The lowest BCUT2D eigenvalue weighted by molar-refractivity contribution is 0.102. The highest BCUT2D eigenvalue weighted by atomic mass is 35.5. The van der Waals surface area contributed by atoms with Gasteiger partial charge in [0.05, 0.1) is 11.6 Å². The minimum Gasteiger partial charge on any atom is -0.322 e. The van der Waals surface area contributed by atoms with E-state index < -0.39 is 0 Å². The molecule has 1 aromatic heterocycles. The van der Waals surface area contributed by atoms with Gasteiger partial charge >= 0.3 is 0 Å². The molecule has 0 fully saturated rings. The van der Waals surface area contributed by atoms with E-state index in [2.05, 4.69) is 22.1 Å². The maximum absolute atomic E-state index is 12.2. The number of nitrogens with zero attached hydrogens (tertiary/aromatic N) is 1. The fourth-order valence-electron chi connectivity index (χ4n) is 1.73. The average Bonchev–Trinajstić information content (AvgIpc) is 2.46. The van der Waals surface area contributed by atoms with Crippen molar-refractivity contribution in [2.75, 3.05) is 11.9 Å². The molecule has 1 aromatic carbocycles. The van der Waals surface area contributed by atoms with Crippen molar-refractivity contribution in [3.05, 3.63) is 58.4 Å². The van der Waals surface area contributed by atoms with Crippen molar-refractivity contribution in [1.82, 2.24) is 4.98 Å². The molecule has 0 saturated heterocycles. The molecule has 0 saturated carbocycles. The Morgan fingerprint density at radius 2 is 2.19 bits per heavy atom. The molecule has 1 heterocycles. The van der Waals surface area contributed by atoms with E-state index in [0.717, 1.165) is 5.69 Å². The Labute approximate surface area is 128 Å². The molecule has 2 rings (SSSR count). The number of nitrogens with two attached hydrogens (primary N) is 1. The Bertz CT molecular complexity index is 732. The predicted octanol–water partition coefficient (Wildman–Crippen LogP) is 2.61. The number of aryl methyl sites for hydroxylation is 1. The maximum Gasteiger partial charge on any atom is 0.255 e. The number of anilines is 1. The minimum absolute atomic E-state index is 0.235. The van der Waals surface area contributed by atoms with Crippen LogP contribution in [0.4, 0.5) is 5.69 Å². The first-order valence-corrected chi connectivity index (χ1v) is 6.70. The van der Waals surface area contributed by atoms with Crippen LogP contribution < -0.4 is 11.1 Å². The topological polar surface area (TPSA) is 68.0 Å². The van der Waals surface area contributed by atoms with Crippen molar-refractivity contribution < 1.29 is 4.79 Å². The van der Waals surface area contributed by atoms with E-state index in [9.17, 15) is 4.79 Å². The van der Waals surface area contributed by atoms with Gasteiger partial charge in [-0.1, -0.05) is 23.4 Å². The van der Waals surface area contributed by atoms with Crippen LogP contribution in [0, 0.1) is 18.8 Å². The summed E-state index contributed by atoms with van der Waals surface area (Å²) in [5, 5.41) is 3.22. The third-order valence-electron chi connectivity index (χ3n) is 2.71. The first-order chi connectivity index (χ1) is 10.1. The quantitative estimate of drug-likeness (QED) is 0.838. The number of aromatic nitrogens is 1. The number of hydrogen-bond donors (Lipinski definition) is 2. The van der Waals surface area contributed by atoms with Gasteiger partial charge in [-0.3, -0.25) is 9.78 Å². The molecule has 0 unspecified atom stereocenters. The number of hydrogen-bond acceptors (Lipinski definition) is 3. The first kappa shape index (κ1) is 15.0. The van der Waals surface area contributed by atoms with Crippen LogP contribution in [0.1, 0.15) is 21.6 Å². The van der Waals surface area contributed by atoms with Gasteiger partial charge in [-0.15, -0.1) is 0 Å². The number of carbonyl (C=O) groups excluding carboxylic acids is 1. The number of carbonyl (C=O) groups is 1. The molecule has 106 valence electrons. The highest BCUT2D eigenvalue weighted by Gasteiger charge is 2.08. The Hall–Kier alpha value is -2.35. The molecule has 0 atom stereocenters. The third kappa shape index (κ3) is 4.06. The van der Waals surface area contributed by atoms with Crippen LogP contribution >= 0.6 is 11.6 Å². The van der Waals surface area contributed by atoms with Gasteiger partial charge in [0.15, 0.2) is 0 Å². The summed E-state index contributed by atoms with van der Waals surface area (Å²) in [5.74, 6) is 5.34. The Morgan fingerprint density at radius 1 is 1.38 bits per heavy atom. The summed E-state index contributed by atoms with van der Waals surface area (Å²) < 4.78 is 0. The van der Waals surface area contributed by atoms with Gasteiger partial charge in [0.25, 0.3) is 5.91 Å². The number of pyridine rings is 1. The van der Waals surface area contributed by atoms with E-state index in [1.165, 1.54) is 0 Å². The Morgan fingerprint density at radius 3 is 2.86 bits per heavy atom. The zero-order valence-electron chi connectivity index (χ0n) is 11.5. The summed E-state index contributed by atoms with van der Waals surface area (Å²) in [7, 11) is 0. The van der Waals surface area contributed by atoms with Crippen molar-refractivity contribution in [3.63, 3.8) is 0 Å². The van der Waals surface area contributed by atoms with Gasteiger partial charge in [0.2, 0.25) is 0 Å². The molecule has 0 radical (unpaired) electrons. The lowest BCUT2D eigenvalue weighted by Gasteiger charge is -2.06. The normalized spacial score (nSPS) is 9.67. The summed E-state index contributed by atoms with van der Waals surface area (Å²) in [6.07, 6.45) is 1.64. The third-order valence-corrected chi connectivity index (χ3v) is 3.02. The standard InChI is InChI=1S/C16H14ClN3O/c1-11-9-14(6-8-19-11)20-16(21)13-5-4-12(3-2-7-18)15(17)10-13/h4-6,8-10H,7,18H2,1H3,(H,19,20,21). The van der Waals surface area contributed by atoms with Gasteiger partial charge in [0.1, 0.15) is 0 Å². The SMILES string of the molecule is Cc1cc(NC(=O)c2ccc(C#CCN)c(Cl)c2)ccn1. The van der Waals surface area contributed by atoms with Gasteiger partial charge in [-0.2, -0.15) is 0 Å². The Balaban J connectivity index is 2.18. The van der Waals surface area contributed by atoms with Crippen LogP contribution in [0.25, 0.3) is 0 Å². The first-order valence-electron chi connectivity index (χ1n) is 6.32. The molecular formula is C16H14ClN3O. The molecule has 0 aliphatic heterocycles. The van der Waals surface area contributed by atoms with Crippen LogP contribution in [0.2, 0.25) is 5.02 Å². The summed E-state index contributed by atoms with van der Waals surface area (Å²) in [6.45, 7) is 2.12. The van der Waals surface area contributed by atoms with E-state index >= 15 is 0 Å². The molecule has 2 aromatic rings. The second-order valence-electron chi connectivity index (χ2n) is 4.34. The smallest absolute Gasteiger partial charge is 0.255 e. The van der Waals surface area contributed by atoms with E-state index in [-0.39, 0.29) is 12.5 Å². The zero-order valence-corrected chi connectivity index (χ0v) is 12.2. The zero-order chi connectivity index (χ0) is 15.2. The van der Waals surface area contributed by atoms with Crippen molar-refractivity contribution in [2.45, 2.75) is 6.92 Å². The van der Waals surface area contributed by atoms with Crippen molar-refractivity contribution in [2.24, 2.45) is 5.73 Å². The van der Waals surface area contributed by atoms with Crippen LogP contribution in [-0.2, 0) is 0 Å². The average molecular weight is 300 g/mol. The molecule has 3 N–H and O–H groups in total. The van der Waals surface area contributed by atoms with E-state index in [1.807, 2.05) is 6.92 Å². The highest BCUT2D eigenvalue weighted by Crippen LogP contribution is 2.18. The number of amides is 1. The number of halogens is 1.